The molecule has 3 nitrogen and oxygen atoms in total. The van der Waals surface area contributed by atoms with Gasteiger partial charge in [-0.05, 0) is 241 Å². The van der Waals surface area contributed by atoms with E-state index in [1.54, 1.807) is 33.4 Å². The van der Waals surface area contributed by atoms with E-state index < -0.39 is 0 Å². The Bertz CT molecular complexity index is 3280. The van der Waals surface area contributed by atoms with Crippen LogP contribution in [0.5, 0.6) is 0 Å². The van der Waals surface area contributed by atoms with Crippen LogP contribution >= 0.6 is 20.1 Å². The summed E-state index contributed by atoms with van der Waals surface area (Å²) in [6.45, 7) is 7.25. The zero-order valence-corrected chi connectivity index (χ0v) is 53.4. The molecule has 0 radical (unpaired) electrons. The molecule has 3 aromatic heterocycles. The predicted octanol–water partition coefficient (Wildman–Crippen LogP) is 20.5. The first kappa shape index (κ1) is 63.2. The molecule has 5 aromatic carbocycles. The van der Waals surface area contributed by atoms with Crippen molar-refractivity contribution >= 4 is 31.2 Å². The molecule has 0 saturated heterocycles. The molecule has 7 aliphatic carbocycles. The molecular weight excluding hydrogens is 1130 g/mol. The van der Waals surface area contributed by atoms with E-state index in [-0.39, 0.29) is 28.2 Å². The van der Waals surface area contributed by atoms with Gasteiger partial charge in [0.25, 0.3) is 0 Å². The van der Waals surface area contributed by atoms with Crippen molar-refractivity contribution in [2.24, 2.45) is 41.4 Å². The first-order chi connectivity index (χ1) is 41.3. The van der Waals surface area contributed by atoms with Crippen molar-refractivity contribution < 1.29 is 13.4 Å². The summed E-state index contributed by atoms with van der Waals surface area (Å²) >= 11 is -0.181. The number of aryl methyl sites for hydroxylation is 4. The SMILES string of the molecule is C.CC1=C(Cc2ccccc2)c2cc3c(cc2C1Cc1ccccn1)CCC3.CC1=C(Cc2ccccn2)c2cc3c(cc2C1Cc1ccccc1)CCC3.CC1C(Cc2ccccc2)C2CC3CCCC3CC2C1Cc1ccccn1.[CH3-].[Cl][Cr+][Cl]. The van der Waals surface area contributed by atoms with Gasteiger partial charge in [0.05, 0.1) is 0 Å². The topological polar surface area (TPSA) is 38.7 Å². The van der Waals surface area contributed by atoms with Crippen molar-refractivity contribution in [2.75, 3.05) is 0 Å². The Morgan fingerprint density at radius 1 is 0.442 bits per heavy atom. The zero-order chi connectivity index (χ0) is 57.4. The molecule has 9 atom stereocenters. The third kappa shape index (κ3) is 14.3. The van der Waals surface area contributed by atoms with E-state index in [1.165, 1.54) is 151 Å². The number of rotatable bonds is 12. The van der Waals surface area contributed by atoms with Crippen molar-refractivity contribution in [3.63, 3.8) is 0 Å². The van der Waals surface area contributed by atoms with Crippen LogP contribution in [0.1, 0.15) is 163 Å². The average molecular weight is 1220 g/mol. The van der Waals surface area contributed by atoms with Gasteiger partial charge in [0.15, 0.2) is 0 Å². The first-order valence-electron chi connectivity index (χ1n) is 31.7. The van der Waals surface area contributed by atoms with Gasteiger partial charge in [-0.25, -0.2) is 0 Å². The van der Waals surface area contributed by atoms with Crippen LogP contribution in [0.25, 0.3) is 11.1 Å². The summed E-state index contributed by atoms with van der Waals surface area (Å²) in [6, 6.07) is 62.1. The van der Waals surface area contributed by atoms with Gasteiger partial charge in [0, 0.05) is 60.3 Å². The Hall–Kier alpha value is -5.86. The third-order valence-electron chi connectivity index (χ3n) is 21.1. The maximum absolute atomic E-state index is 4.83. The molecule has 445 valence electrons. The minimum atomic E-state index is -0.181. The number of aromatic nitrogens is 3. The number of pyridine rings is 3. The Balaban J connectivity index is 0.000000138. The Morgan fingerprint density at radius 3 is 1.31 bits per heavy atom. The fraction of sp³-hybridized carbons (Fsp3) is 0.375. The van der Waals surface area contributed by atoms with E-state index in [0.717, 1.165) is 67.1 Å². The second kappa shape index (κ2) is 29.9. The summed E-state index contributed by atoms with van der Waals surface area (Å²) in [5, 5.41) is 0. The summed E-state index contributed by atoms with van der Waals surface area (Å²) in [5.41, 5.74) is 26.5. The first-order valence-corrected chi connectivity index (χ1v) is 35.2. The number of allylic oxidation sites excluding steroid dienone is 4. The third-order valence-corrected chi connectivity index (χ3v) is 21.1. The average Bonchev–Trinajstić information content (AvgIpc) is 2.52. The van der Waals surface area contributed by atoms with Crippen molar-refractivity contribution in [1.82, 2.24) is 15.0 Å². The number of halogens is 2. The molecular formula is C80H90Cl2CrN3. The second-order valence-electron chi connectivity index (χ2n) is 25.6. The number of benzene rings is 5. The normalized spacial score (nSPS) is 23.2. The summed E-state index contributed by atoms with van der Waals surface area (Å²) in [5.74, 6) is 7.36. The van der Waals surface area contributed by atoms with E-state index in [1.807, 2.05) is 36.8 Å². The Kier molecular flexibility index (Phi) is 22.0. The number of nitrogens with zero attached hydrogens (tertiary/aromatic N) is 3. The summed E-state index contributed by atoms with van der Waals surface area (Å²) in [4.78, 5) is 13.9. The molecule has 0 bridgehead atoms. The van der Waals surface area contributed by atoms with E-state index in [2.05, 4.69) is 187 Å². The fourth-order valence-corrected chi connectivity index (χ4v) is 16.9. The van der Waals surface area contributed by atoms with Gasteiger partial charge in [0.2, 0.25) is 0 Å². The Morgan fingerprint density at radius 2 is 0.837 bits per heavy atom. The molecule has 0 amide bonds. The van der Waals surface area contributed by atoms with E-state index in [9.17, 15) is 0 Å². The number of hydrogen-bond acceptors (Lipinski definition) is 3. The molecule has 0 aliphatic heterocycles. The molecule has 9 unspecified atom stereocenters. The van der Waals surface area contributed by atoms with Crippen LogP contribution in [0.2, 0.25) is 0 Å². The second-order valence-corrected chi connectivity index (χ2v) is 27.7. The molecule has 8 aromatic rings. The molecule has 3 fully saturated rings. The van der Waals surface area contributed by atoms with Crippen molar-refractivity contribution in [2.45, 2.75) is 149 Å². The van der Waals surface area contributed by atoms with Gasteiger partial charge in [-0.2, -0.15) is 0 Å². The van der Waals surface area contributed by atoms with Crippen LogP contribution < -0.4 is 0 Å². The number of hydrogen-bond donors (Lipinski definition) is 0. The van der Waals surface area contributed by atoms with Crippen LogP contribution in [0, 0.1) is 48.9 Å². The molecule has 7 aliphatic rings. The predicted molar refractivity (Wildman–Crippen MR) is 360 cm³/mol. The van der Waals surface area contributed by atoms with Crippen molar-refractivity contribution in [1.29, 1.82) is 0 Å². The van der Waals surface area contributed by atoms with Crippen molar-refractivity contribution in [3.8, 4) is 0 Å². The van der Waals surface area contributed by atoms with Crippen molar-refractivity contribution in [3.05, 3.63) is 285 Å². The van der Waals surface area contributed by atoms with Gasteiger partial charge in [-0.3, -0.25) is 15.0 Å². The maximum atomic E-state index is 4.83. The van der Waals surface area contributed by atoms with Crippen LogP contribution in [-0.2, 0) is 77.6 Å². The standard InChI is InChI=1S/C26H33N.2C26H25N.CH4.CH3.2ClH.Cr/c3*1-18-23(14-19-8-3-2-4-9-19)25-15-20-10-7-11-21(20)16-26(25)24(18)17-22-12-5-6-13-27-22;;;;;/h2-6,8-9,12-13,18,20-21,23-26H,7,10-11,14-17H2,1H3;2-6,8-9,12-13,15-16,24H,7,10-11,14,17H2,1H3;2-6,8-9,12-13,15-16,23H,7,10-11,14,17H2,1H3;1H4;1H3;2*1H;/q;;;;-1;;;+3/p-2. The van der Waals surface area contributed by atoms with E-state index in [0.29, 0.717) is 11.8 Å². The van der Waals surface area contributed by atoms with Gasteiger partial charge in [-0.15, -0.1) is 0 Å². The van der Waals surface area contributed by atoms with Gasteiger partial charge in [-0.1, -0.05) is 178 Å². The van der Waals surface area contributed by atoms with Crippen LogP contribution in [0.15, 0.2) is 200 Å². The summed E-state index contributed by atoms with van der Waals surface area (Å²) < 4.78 is 0. The summed E-state index contributed by atoms with van der Waals surface area (Å²) in [7, 11) is 9.65. The Labute approximate surface area is 531 Å². The quantitative estimate of drug-likeness (QED) is 0.114. The van der Waals surface area contributed by atoms with Gasteiger partial charge in [0.1, 0.15) is 0 Å². The molecule has 0 N–H and O–H groups in total. The fourth-order valence-electron chi connectivity index (χ4n) is 16.9. The molecule has 15 rings (SSSR count). The minimum absolute atomic E-state index is 0. The van der Waals surface area contributed by atoms with Crippen LogP contribution in [0.4, 0.5) is 0 Å². The summed E-state index contributed by atoms with van der Waals surface area (Å²) in [6.07, 6.45) is 27.4. The van der Waals surface area contributed by atoms with Crippen LogP contribution in [0.3, 0.4) is 0 Å². The monoisotopic (exact) mass is 1210 g/mol. The molecule has 3 saturated carbocycles. The van der Waals surface area contributed by atoms with Gasteiger partial charge >= 0.3 is 33.5 Å². The van der Waals surface area contributed by atoms with Crippen LogP contribution in [-0.4, -0.2) is 15.0 Å². The van der Waals surface area contributed by atoms with E-state index >= 15 is 0 Å². The molecule has 3 heterocycles. The number of fused-ring (bicyclic) bond motifs is 6. The molecule has 6 heteroatoms. The van der Waals surface area contributed by atoms with Gasteiger partial charge < -0.3 is 7.43 Å². The zero-order valence-electron chi connectivity index (χ0n) is 50.6. The molecule has 86 heavy (non-hydrogen) atoms. The molecule has 0 spiro atoms. The van der Waals surface area contributed by atoms with E-state index in [4.69, 9.17) is 20.1 Å².